The molecule has 0 saturated heterocycles. The van der Waals surface area contributed by atoms with Gasteiger partial charge in [0.25, 0.3) is 5.91 Å². The van der Waals surface area contributed by atoms with Crippen LogP contribution in [-0.2, 0) is 14.3 Å². The lowest BCUT2D eigenvalue weighted by Crippen LogP contribution is -2.30. The van der Waals surface area contributed by atoms with Crippen LogP contribution in [0, 0.1) is 5.82 Å². The number of ether oxygens (including phenoxy) is 1. The monoisotopic (exact) mass is 327 g/mol. The molecule has 0 heterocycles. The van der Waals surface area contributed by atoms with E-state index >= 15 is 0 Å². The van der Waals surface area contributed by atoms with E-state index in [1.165, 1.54) is 36.4 Å². The summed E-state index contributed by atoms with van der Waals surface area (Å²) in [5.41, 5.74) is 1.63. The Kier molecular flexibility index (Phi) is 6.25. The molecule has 0 bridgehead atoms. The van der Waals surface area contributed by atoms with Gasteiger partial charge in [0.2, 0.25) is 0 Å². The van der Waals surface area contributed by atoms with E-state index in [0.717, 1.165) is 5.56 Å². The molecular weight excluding hydrogens is 309 g/mol. The zero-order valence-corrected chi connectivity index (χ0v) is 13.2. The van der Waals surface area contributed by atoms with E-state index in [1.807, 2.05) is 37.3 Å². The average Bonchev–Trinajstić information content (AvgIpc) is 2.60. The van der Waals surface area contributed by atoms with Crippen molar-refractivity contribution in [3.05, 3.63) is 77.6 Å². The van der Waals surface area contributed by atoms with Gasteiger partial charge in [0.15, 0.2) is 6.61 Å². The maximum atomic E-state index is 12.8. The third-order valence-electron chi connectivity index (χ3n) is 3.30. The predicted molar refractivity (Wildman–Crippen MR) is 89.4 cm³/mol. The first kappa shape index (κ1) is 17.4. The Morgan fingerprint density at radius 1 is 1.12 bits per heavy atom. The largest absolute Gasteiger partial charge is 0.452 e. The number of benzene rings is 2. The van der Waals surface area contributed by atoms with Crippen molar-refractivity contribution < 1.29 is 18.7 Å². The Labute approximate surface area is 140 Å². The maximum Gasteiger partial charge on any atom is 0.331 e. The molecule has 0 aliphatic rings. The van der Waals surface area contributed by atoms with E-state index in [0.29, 0.717) is 5.56 Å². The van der Waals surface area contributed by atoms with E-state index in [4.69, 9.17) is 4.74 Å². The van der Waals surface area contributed by atoms with Crippen molar-refractivity contribution >= 4 is 18.0 Å². The van der Waals surface area contributed by atoms with Gasteiger partial charge >= 0.3 is 5.97 Å². The summed E-state index contributed by atoms with van der Waals surface area (Å²) in [5.74, 6) is -1.37. The van der Waals surface area contributed by atoms with Crippen LogP contribution in [0.3, 0.4) is 0 Å². The smallest absolute Gasteiger partial charge is 0.331 e. The van der Waals surface area contributed by atoms with Gasteiger partial charge in [0, 0.05) is 6.08 Å². The summed E-state index contributed by atoms with van der Waals surface area (Å²) in [4.78, 5) is 23.4. The Hall–Kier alpha value is -2.95. The summed E-state index contributed by atoms with van der Waals surface area (Å²) in [6.45, 7) is 1.49. The Morgan fingerprint density at radius 3 is 2.46 bits per heavy atom. The summed E-state index contributed by atoms with van der Waals surface area (Å²) in [5, 5.41) is 2.75. The van der Waals surface area contributed by atoms with Crippen LogP contribution >= 0.6 is 0 Å². The fraction of sp³-hybridized carbons (Fsp3) is 0.158. The first-order valence-corrected chi connectivity index (χ1v) is 7.49. The standard InChI is InChI=1S/C19H18FNO3/c1-14(16-5-3-2-4-6-16)21-18(22)13-24-19(23)12-9-15-7-10-17(20)11-8-15/h2-12,14H,13H2,1H3,(H,21,22)/b12-9+/t14-/m0/s1. The van der Waals surface area contributed by atoms with Crippen molar-refractivity contribution in [2.75, 3.05) is 6.61 Å². The van der Waals surface area contributed by atoms with Crippen LogP contribution in [0.5, 0.6) is 0 Å². The topological polar surface area (TPSA) is 55.4 Å². The number of carbonyl (C=O) groups excluding carboxylic acids is 2. The lowest BCUT2D eigenvalue weighted by Gasteiger charge is -2.13. The number of nitrogens with one attached hydrogen (secondary N) is 1. The van der Waals surface area contributed by atoms with Crippen molar-refractivity contribution in [2.24, 2.45) is 0 Å². The minimum absolute atomic E-state index is 0.174. The van der Waals surface area contributed by atoms with Gasteiger partial charge in [-0.1, -0.05) is 42.5 Å². The van der Waals surface area contributed by atoms with E-state index in [9.17, 15) is 14.0 Å². The lowest BCUT2D eigenvalue weighted by molar-refractivity contribution is -0.144. The Morgan fingerprint density at radius 2 is 1.79 bits per heavy atom. The van der Waals surface area contributed by atoms with Crippen molar-refractivity contribution in [2.45, 2.75) is 13.0 Å². The molecule has 5 heteroatoms. The first-order valence-electron chi connectivity index (χ1n) is 7.49. The van der Waals surface area contributed by atoms with E-state index in [-0.39, 0.29) is 24.4 Å². The molecule has 0 unspecified atom stereocenters. The highest BCUT2D eigenvalue weighted by Gasteiger charge is 2.10. The van der Waals surface area contributed by atoms with Gasteiger partial charge in [-0.3, -0.25) is 4.79 Å². The number of rotatable bonds is 6. The number of esters is 1. The van der Waals surface area contributed by atoms with Gasteiger partial charge in [0.1, 0.15) is 5.82 Å². The molecule has 0 saturated carbocycles. The second kappa shape index (κ2) is 8.62. The molecule has 1 N–H and O–H groups in total. The van der Waals surface area contributed by atoms with Crippen molar-refractivity contribution in [1.82, 2.24) is 5.32 Å². The van der Waals surface area contributed by atoms with Crippen LogP contribution in [0.2, 0.25) is 0 Å². The van der Waals surface area contributed by atoms with E-state index < -0.39 is 5.97 Å². The normalized spacial score (nSPS) is 11.9. The molecule has 0 fully saturated rings. The third-order valence-corrected chi connectivity index (χ3v) is 3.30. The summed E-state index contributed by atoms with van der Waals surface area (Å²) >= 11 is 0. The molecule has 1 atom stereocenters. The van der Waals surface area contributed by atoms with Crippen LogP contribution in [0.25, 0.3) is 6.08 Å². The van der Waals surface area contributed by atoms with Crippen molar-refractivity contribution in [3.63, 3.8) is 0 Å². The van der Waals surface area contributed by atoms with Crippen molar-refractivity contribution in [1.29, 1.82) is 0 Å². The van der Waals surface area contributed by atoms with Gasteiger partial charge in [-0.2, -0.15) is 0 Å². The summed E-state index contributed by atoms with van der Waals surface area (Å²) < 4.78 is 17.6. The van der Waals surface area contributed by atoms with Crippen LogP contribution < -0.4 is 5.32 Å². The second-order valence-electron chi connectivity index (χ2n) is 5.19. The Bertz CT molecular complexity index is 711. The minimum Gasteiger partial charge on any atom is -0.452 e. The summed E-state index contributed by atoms with van der Waals surface area (Å²) in [6.07, 6.45) is 2.69. The summed E-state index contributed by atoms with van der Waals surface area (Å²) in [6, 6.07) is 15.0. The molecule has 2 rings (SSSR count). The fourth-order valence-corrected chi connectivity index (χ4v) is 2.03. The first-order chi connectivity index (χ1) is 11.5. The molecule has 4 nitrogen and oxygen atoms in total. The molecule has 24 heavy (non-hydrogen) atoms. The maximum absolute atomic E-state index is 12.8. The second-order valence-corrected chi connectivity index (χ2v) is 5.19. The van der Waals surface area contributed by atoms with Gasteiger partial charge < -0.3 is 10.1 Å². The molecule has 2 aromatic carbocycles. The lowest BCUT2D eigenvalue weighted by atomic mass is 10.1. The highest BCUT2D eigenvalue weighted by atomic mass is 19.1. The molecule has 0 aliphatic carbocycles. The number of halogens is 1. The third kappa shape index (κ3) is 5.68. The summed E-state index contributed by atoms with van der Waals surface area (Å²) in [7, 11) is 0. The van der Waals surface area contributed by atoms with Gasteiger partial charge in [-0.15, -0.1) is 0 Å². The number of hydrogen-bond donors (Lipinski definition) is 1. The van der Waals surface area contributed by atoms with Gasteiger partial charge in [-0.25, -0.2) is 9.18 Å². The highest BCUT2D eigenvalue weighted by molar-refractivity contribution is 5.89. The zero-order chi connectivity index (χ0) is 17.4. The van der Waals surface area contributed by atoms with E-state index in [2.05, 4.69) is 5.32 Å². The van der Waals surface area contributed by atoms with Crippen molar-refractivity contribution in [3.8, 4) is 0 Å². The van der Waals surface area contributed by atoms with E-state index in [1.54, 1.807) is 0 Å². The van der Waals surface area contributed by atoms with Crippen LogP contribution in [0.1, 0.15) is 24.1 Å². The SMILES string of the molecule is C[C@H](NC(=O)COC(=O)/C=C/c1ccc(F)cc1)c1ccccc1. The highest BCUT2D eigenvalue weighted by Crippen LogP contribution is 2.10. The fourth-order valence-electron chi connectivity index (χ4n) is 2.03. The number of carbonyl (C=O) groups is 2. The Balaban J connectivity index is 1.76. The van der Waals surface area contributed by atoms with Gasteiger partial charge in [-0.05, 0) is 36.3 Å². The average molecular weight is 327 g/mol. The molecule has 2 aromatic rings. The van der Waals surface area contributed by atoms with Gasteiger partial charge in [0.05, 0.1) is 6.04 Å². The number of amides is 1. The molecule has 0 radical (unpaired) electrons. The predicted octanol–water partition coefficient (Wildman–Crippen LogP) is 3.26. The molecule has 0 spiro atoms. The molecule has 0 aliphatic heterocycles. The van der Waals surface area contributed by atoms with Crippen LogP contribution in [0.15, 0.2) is 60.7 Å². The number of hydrogen-bond acceptors (Lipinski definition) is 3. The minimum atomic E-state index is -0.637. The van der Waals surface area contributed by atoms with Crippen LogP contribution in [0.4, 0.5) is 4.39 Å². The molecule has 124 valence electrons. The quantitative estimate of drug-likeness (QED) is 0.654. The zero-order valence-electron chi connectivity index (χ0n) is 13.2. The molecule has 1 amide bonds. The van der Waals surface area contributed by atoms with Crippen LogP contribution in [-0.4, -0.2) is 18.5 Å². The molecular formula is C19H18FNO3. The molecule has 0 aromatic heterocycles.